The molecule has 7 nitrogen and oxygen atoms in total. The number of carbonyl (C=O) groups is 2. The van der Waals surface area contributed by atoms with Crippen molar-refractivity contribution in [1.29, 1.82) is 0 Å². The zero-order valence-corrected chi connectivity index (χ0v) is 19.3. The predicted octanol–water partition coefficient (Wildman–Crippen LogP) is 3.87. The van der Waals surface area contributed by atoms with Gasteiger partial charge in [0.1, 0.15) is 11.7 Å². The highest BCUT2D eigenvalue weighted by atomic mass is 35.5. The Morgan fingerprint density at radius 2 is 2.10 bits per heavy atom. The van der Waals surface area contributed by atoms with Crippen LogP contribution in [0.15, 0.2) is 23.6 Å². The lowest BCUT2D eigenvalue weighted by Crippen LogP contribution is -2.52. The number of aromatic nitrogens is 1. The van der Waals surface area contributed by atoms with Crippen molar-refractivity contribution in [3.05, 3.63) is 39.3 Å². The third-order valence-corrected chi connectivity index (χ3v) is 6.42. The number of benzene rings is 1. The Labute approximate surface area is 190 Å². The Bertz CT molecular complexity index is 905. The zero-order chi connectivity index (χ0) is 21.7. The van der Waals surface area contributed by atoms with E-state index in [1.165, 1.54) is 11.3 Å². The summed E-state index contributed by atoms with van der Waals surface area (Å²) in [6.45, 7) is 1.85. The topological polar surface area (TPSA) is 77.6 Å². The standard InChI is InChI=1S/C20H25Cl2N5O2S/c1-26(2)11-9-23-18(28)16-8-3-4-10-27(16)19(29)15-12-30-20(25-15)24-14-7-5-6-13(21)17(14)22/h5-7,12,16H,3-4,8-11H2,1-2H3,(H,23,28)(H,24,25). The van der Waals surface area contributed by atoms with Crippen LogP contribution < -0.4 is 10.6 Å². The maximum Gasteiger partial charge on any atom is 0.274 e. The molecule has 30 heavy (non-hydrogen) atoms. The second-order valence-electron chi connectivity index (χ2n) is 7.37. The van der Waals surface area contributed by atoms with E-state index in [1.54, 1.807) is 28.5 Å². The molecular formula is C20H25Cl2N5O2S. The second kappa shape index (κ2) is 10.4. The van der Waals surface area contributed by atoms with Gasteiger partial charge < -0.3 is 20.4 Å². The van der Waals surface area contributed by atoms with Crippen molar-refractivity contribution >= 4 is 57.2 Å². The molecule has 0 bridgehead atoms. The average molecular weight is 470 g/mol. The fraction of sp³-hybridized carbons (Fsp3) is 0.450. The van der Waals surface area contributed by atoms with Crippen molar-refractivity contribution < 1.29 is 9.59 Å². The lowest BCUT2D eigenvalue weighted by molar-refractivity contribution is -0.126. The Balaban J connectivity index is 1.68. The van der Waals surface area contributed by atoms with Crippen LogP contribution >= 0.6 is 34.5 Å². The number of likely N-dealkylation sites (tertiary alicyclic amines) is 1. The van der Waals surface area contributed by atoms with E-state index in [1.807, 2.05) is 19.0 Å². The number of hydrogen-bond acceptors (Lipinski definition) is 6. The van der Waals surface area contributed by atoms with Gasteiger partial charge in [0, 0.05) is 25.0 Å². The fourth-order valence-electron chi connectivity index (χ4n) is 3.26. The molecule has 3 rings (SSSR count). The van der Waals surface area contributed by atoms with Crippen LogP contribution in [-0.2, 0) is 4.79 Å². The van der Waals surface area contributed by atoms with E-state index < -0.39 is 6.04 Å². The molecular weight excluding hydrogens is 445 g/mol. The molecule has 1 aliphatic heterocycles. The minimum atomic E-state index is -0.464. The van der Waals surface area contributed by atoms with E-state index in [0.29, 0.717) is 46.1 Å². The number of thiazole rings is 1. The normalized spacial score (nSPS) is 16.6. The van der Waals surface area contributed by atoms with Gasteiger partial charge in [-0.3, -0.25) is 9.59 Å². The highest BCUT2D eigenvalue weighted by molar-refractivity contribution is 7.14. The first-order valence-electron chi connectivity index (χ1n) is 9.77. The maximum atomic E-state index is 13.1. The number of rotatable bonds is 7. The molecule has 1 saturated heterocycles. The minimum Gasteiger partial charge on any atom is -0.353 e. The Hall–Kier alpha value is -1.87. The van der Waals surface area contributed by atoms with Gasteiger partial charge in [0.15, 0.2) is 5.13 Å². The molecule has 0 saturated carbocycles. The Kier molecular flexibility index (Phi) is 7.93. The molecule has 0 spiro atoms. The molecule has 0 aliphatic carbocycles. The van der Waals surface area contributed by atoms with Gasteiger partial charge in [0.2, 0.25) is 5.91 Å². The highest BCUT2D eigenvalue weighted by Crippen LogP contribution is 2.33. The third kappa shape index (κ3) is 5.63. The summed E-state index contributed by atoms with van der Waals surface area (Å²) in [5, 5.41) is 9.10. The predicted molar refractivity (Wildman–Crippen MR) is 122 cm³/mol. The fourth-order valence-corrected chi connectivity index (χ4v) is 4.30. The van der Waals surface area contributed by atoms with Gasteiger partial charge in [-0.25, -0.2) is 4.98 Å². The quantitative estimate of drug-likeness (QED) is 0.643. The number of halogens is 2. The summed E-state index contributed by atoms with van der Waals surface area (Å²) in [6.07, 6.45) is 2.46. The van der Waals surface area contributed by atoms with Crippen LogP contribution in [0.2, 0.25) is 10.0 Å². The minimum absolute atomic E-state index is 0.107. The van der Waals surface area contributed by atoms with Crippen LogP contribution in [0.4, 0.5) is 10.8 Å². The molecule has 1 fully saturated rings. The molecule has 1 aromatic heterocycles. The lowest BCUT2D eigenvalue weighted by atomic mass is 10.0. The van der Waals surface area contributed by atoms with E-state index in [4.69, 9.17) is 23.2 Å². The monoisotopic (exact) mass is 469 g/mol. The first-order chi connectivity index (χ1) is 14.4. The summed E-state index contributed by atoms with van der Waals surface area (Å²) < 4.78 is 0. The van der Waals surface area contributed by atoms with Crippen LogP contribution in [0.3, 0.4) is 0 Å². The first kappa shape index (κ1) is 22.8. The molecule has 2 amide bonds. The van der Waals surface area contributed by atoms with E-state index in [9.17, 15) is 9.59 Å². The Morgan fingerprint density at radius 3 is 2.87 bits per heavy atom. The summed E-state index contributed by atoms with van der Waals surface area (Å²) in [6, 6.07) is 4.81. The van der Waals surface area contributed by atoms with E-state index in [-0.39, 0.29) is 11.8 Å². The number of nitrogens with zero attached hydrogens (tertiary/aromatic N) is 3. The Morgan fingerprint density at radius 1 is 1.30 bits per heavy atom. The van der Waals surface area contributed by atoms with Crippen molar-refractivity contribution in [3.63, 3.8) is 0 Å². The molecule has 162 valence electrons. The number of piperidine rings is 1. The van der Waals surface area contributed by atoms with Gasteiger partial charge in [-0.1, -0.05) is 29.3 Å². The summed E-state index contributed by atoms with van der Waals surface area (Å²) in [4.78, 5) is 33.8. The van der Waals surface area contributed by atoms with Gasteiger partial charge in [0.25, 0.3) is 5.91 Å². The summed E-state index contributed by atoms with van der Waals surface area (Å²) >= 11 is 13.6. The molecule has 2 N–H and O–H groups in total. The third-order valence-electron chi connectivity index (χ3n) is 4.84. The number of hydrogen-bond donors (Lipinski definition) is 2. The van der Waals surface area contributed by atoms with Gasteiger partial charge in [-0.2, -0.15) is 0 Å². The molecule has 0 radical (unpaired) electrons. The average Bonchev–Trinajstić information content (AvgIpc) is 3.19. The lowest BCUT2D eigenvalue weighted by Gasteiger charge is -2.34. The molecule has 1 aliphatic rings. The number of amides is 2. The van der Waals surface area contributed by atoms with E-state index in [2.05, 4.69) is 15.6 Å². The van der Waals surface area contributed by atoms with Gasteiger partial charge in [-0.15, -0.1) is 11.3 Å². The molecule has 1 unspecified atom stereocenters. The first-order valence-corrected chi connectivity index (χ1v) is 11.4. The van der Waals surface area contributed by atoms with E-state index in [0.717, 1.165) is 19.4 Å². The molecule has 1 aromatic carbocycles. The van der Waals surface area contributed by atoms with Gasteiger partial charge >= 0.3 is 0 Å². The highest BCUT2D eigenvalue weighted by Gasteiger charge is 2.33. The van der Waals surface area contributed by atoms with Crippen molar-refractivity contribution in [1.82, 2.24) is 20.1 Å². The van der Waals surface area contributed by atoms with Crippen LogP contribution in [-0.4, -0.2) is 66.4 Å². The van der Waals surface area contributed by atoms with Crippen molar-refractivity contribution in [2.24, 2.45) is 0 Å². The summed E-state index contributed by atoms with van der Waals surface area (Å²) in [5.74, 6) is -0.340. The molecule has 10 heteroatoms. The van der Waals surface area contributed by atoms with Crippen molar-refractivity contribution in [2.75, 3.05) is 39.0 Å². The summed E-state index contributed by atoms with van der Waals surface area (Å²) in [7, 11) is 3.90. The van der Waals surface area contributed by atoms with E-state index >= 15 is 0 Å². The second-order valence-corrected chi connectivity index (χ2v) is 9.01. The summed E-state index contributed by atoms with van der Waals surface area (Å²) in [5.41, 5.74) is 0.933. The van der Waals surface area contributed by atoms with Gasteiger partial charge in [-0.05, 0) is 45.5 Å². The van der Waals surface area contributed by atoms with Crippen molar-refractivity contribution in [2.45, 2.75) is 25.3 Å². The SMILES string of the molecule is CN(C)CCNC(=O)C1CCCCN1C(=O)c1csc(Nc2cccc(Cl)c2Cl)n1. The van der Waals surface area contributed by atoms with Gasteiger partial charge in [0.05, 0.1) is 15.7 Å². The number of likely N-dealkylation sites (N-methyl/N-ethyl adjacent to an activating group) is 1. The number of carbonyl (C=O) groups excluding carboxylic acids is 2. The number of nitrogens with one attached hydrogen (secondary N) is 2. The maximum absolute atomic E-state index is 13.1. The molecule has 1 atom stereocenters. The van der Waals surface area contributed by atoms with Crippen molar-refractivity contribution in [3.8, 4) is 0 Å². The van der Waals surface area contributed by atoms with Crippen LogP contribution in [0.5, 0.6) is 0 Å². The number of anilines is 2. The van der Waals surface area contributed by atoms with Crippen LogP contribution in [0.1, 0.15) is 29.8 Å². The largest absolute Gasteiger partial charge is 0.353 e. The van der Waals surface area contributed by atoms with Crippen LogP contribution in [0.25, 0.3) is 0 Å². The molecule has 2 aromatic rings. The zero-order valence-electron chi connectivity index (χ0n) is 17.0. The smallest absolute Gasteiger partial charge is 0.274 e. The molecule has 2 heterocycles. The van der Waals surface area contributed by atoms with Crippen LogP contribution in [0, 0.1) is 0 Å².